The lowest BCUT2D eigenvalue weighted by atomic mass is 9.75. The summed E-state index contributed by atoms with van der Waals surface area (Å²) < 4.78 is 6.86. The zero-order chi connectivity index (χ0) is 16.1. The SMILES string of the molecule is CC(C)[C@@H]1CC[C@@H](C)C[C@@H]1OC(=O)CSc1ccc(Br)cc1. The molecule has 0 heterocycles. The second kappa shape index (κ2) is 8.39. The highest BCUT2D eigenvalue weighted by Gasteiger charge is 2.33. The van der Waals surface area contributed by atoms with Crippen LogP contribution in [0.2, 0.25) is 0 Å². The normalized spacial score (nSPS) is 25.2. The van der Waals surface area contributed by atoms with E-state index < -0.39 is 0 Å². The van der Waals surface area contributed by atoms with Crippen molar-refractivity contribution in [3.05, 3.63) is 28.7 Å². The Morgan fingerprint density at radius 3 is 2.64 bits per heavy atom. The monoisotopic (exact) mass is 384 g/mol. The van der Waals surface area contributed by atoms with Crippen molar-refractivity contribution in [1.82, 2.24) is 0 Å². The first-order chi connectivity index (χ1) is 10.5. The summed E-state index contributed by atoms with van der Waals surface area (Å²) >= 11 is 4.96. The van der Waals surface area contributed by atoms with Crippen molar-refractivity contribution in [1.29, 1.82) is 0 Å². The number of thioether (sulfide) groups is 1. The minimum absolute atomic E-state index is 0.0855. The van der Waals surface area contributed by atoms with Crippen molar-refractivity contribution in [3.63, 3.8) is 0 Å². The predicted molar refractivity (Wildman–Crippen MR) is 96.1 cm³/mol. The molecule has 1 aromatic rings. The first-order valence-electron chi connectivity index (χ1n) is 8.03. The van der Waals surface area contributed by atoms with E-state index in [0.717, 1.165) is 15.8 Å². The Hall–Kier alpha value is -0.480. The molecule has 2 rings (SSSR count). The van der Waals surface area contributed by atoms with Crippen molar-refractivity contribution < 1.29 is 9.53 Å². The standard InChI is InChI=1S/C18H25BrO2S/c1-12(2)16-9-4-13(3)10-17(16)21-18(20)11-22-15-7-5-14(19)6-8-15/h5-8,12-13,16-17H,4,9-11H2,1-3H3/t13-,16+,17+/m1/s1. The Kier molecular flexibility index (Phi) is 6.82. The van der Waals surface area contributed by atoms with E-state index in [2.05, 4.69) is 36.7 Å². The van der Waals surface area contributed by atoms with E-state index in [1.54, 1.807) is 11.8 Å². The van der Waals surface area contributed by atoms with Gasteiger partial charge in [0.1, 0.15) is 6.10 Å². The molecule has 1 saturated carbocycles. The molecule has 3 atom stereocenters. The Labute approximate surface area is 146 Å². The molecule has 1 aliphatic rings. The molecule has 0 unspecified atom stereocenters. The van der Waals surface area contributed by atoms with Gasteiger partial charge in [0, 0.05) is 9.37 Å². The first-order valence-corrected chi connectivity index (χ1v) is 9.81. The molecule has 0 radical (unpaired) electrons. The molecule has 0 bridgehead atoms. The van der Waals surface area contributed by atoms with Gasteiger partial charge >= 0.3 is 5.97 Å². The van der Waals surface area contributed by atoms with Gasteiger partial charge in [0.15, 0.2) is 0 Å². The summed E-state index contributed by atoms with van der Waals surface area (Å²) in [6.07, 6.45) is 3.54. The highest BCUT2D eigenvalue weighted by molar-refractivity contribution is 9.10. The van der Waals surface area contributed by atoms with Gasteiger partial charge in [0.2, 0.25) is 0 Å². The highest BCUT2D eigenvalue weighted by Crippen LogP contribution is 2.35. The average Bonchev–Trinajstić information content (AvgIpc) is 2.46. The zero-order valence-corrected chi connectivity index (χ0v) is 16.0. The van der Waals surface area contributed by atoms with Gasteiger partial charge in [-0.25, -0.2) is 0 Å². The summed E-state index contributed by atoms with van der Waals surface area (Å²) in [5.41, 5.74) is 0. The van der Waals surface area contributed by atoms with Crippen LogP contribution in [0.5, 0.6) is 0 Å². The van der Waals surface area contributed by atoms with Crippen molar-refractivity contribution in [2.75, 3.05) is 5.75 Å². The lowest BCUT2D eigenvalue weighted by molar-refractivity contribution is -0.152. The van der Waals surface area contributed by atoms with E-state index in [1.807, 2.05) is 24.3 Å². The van der Waals surface area contributed by atoms with Crippen molar-refractivity contribution in [3.8, 4) is 0 Å². The van der Waals surface area contributed by atoms with Crippen LogP contribution in [0.1, 0.15) is 40.0 Å². The fraction of sp³-hybridized carbons (Fsp3) is 0.611. The van der Waals surface area contributed by atoms with Gasteiger partial charge in [0.25, 0.3) is 0 Å². The molecule has 0 amide bonds. The molecule has 1 aromatic carbocycles. The molecule has 4 heteroatoms. The van der Waals surface area contributed by atoms with Gasteiger partial charge in [-0.3, -0.25) is 4.79 Å². The number of ether oxygens (including phenoxy) is 1. The minimum Gasteiger partial charge on any atom is -0.461 e. The number of carbonyl (C=O) groups is 1. The average molecular weight is 385 g/mol. The van der Waals surface area contributed by atoms with E-state index in [-0.39, 0.29) is 12.1 Å². The molecule has 122 valence electrons. The number of halogens is 1. The first kappa shape index (κ1) is 17.9. The number of esters is 1. The Morgan fingerprint density at radius 2 is 2.00 bits per heavy atom. The highest BCUT2D eigenvalue weighted by atomic mass is 79.9. The summed E-state index contributed by atoms with van der Waals surface area (Å²) in [6.45, 7) is 6.73. The summed E-state index contributed by atoms with van der Waals surface area (Å²) in [6, 6.07) is 8.01. The number of hydrogen-bond acceptors (Lipinski definition) is 3. The maximum Gasteiger partial charge on any atom is 0.316 e. The molecule has 1 fully saturated rings. The molecule has 2 nitrogen and oxygen atoms in total. The molecule has 0 N–H and O–H groups in total. The van der Waals surface area contributed by atoms with Crippen LogP contribution in [0.4, 0.5) is 0 Å². The van der Waals surface area contributed by atoms with Crippen LogP contribution in [0.3, 0.4) is 0 Å². The van der Waals surface area contributed by atoms with Crippen LogP contribution in [-0.2, 0) is 9.53 Å². The van der Waals surface area contributed by atoms with Crippen LogP contribution in [0, 0.1) is 17.8 Å². The molecular weight excluding hydrogens is 360 g/mol. The molecule has 0 aliphatic heterocycles. The van der Waals surface area contributed by atoms with E-state index in [1.165, 1.54) is 12.8 Å². The minimum atomic E-state index is -0.0855. The van der Waals surface area contributed by atoms with Crippen LogP contribution in [0.15, 0.2) is 33.6 Å². The van der Waals surface area contributed by atoms with Crippen LogP contribution >= 0.6 is 27.7 Å². The maximum absolute atomic E-state index is 12.2. The van der Waals surface area contributed by atoms with Crippen LogP contribution < -0.4 is 0 Å². The maximum atomic E-state index is 12.2. The quantitative estimate of drug-likeness (QED) is 0.491. The summed E-state index contributed by atoms with van der Waals surface area (Å²) in [7, 11) is 0. The lowest BCUT2D eigenvalue weighted by Gasteiger charge is -2.36. The molecule has 0 spiro atoms. The fourth-order valence-electron chi connectivity index (χ4n) is 3.13. The van der Waals surface area contributed by atoms with Crippen LogP contribution in [0.25, 0.3) is 0 Å². The zero-order valence-electron chi connectivity index (χ0n) is 13.5. The molecule has 0 aromatic heterocycles. The molecular formula is C18H25BrO2S. The van der Waals surface area contributed by atoms with E-state index in [4.69, 9.17) is 4.74 Å². The fourth-order valence-corrected chi connectivity index (χ4v) is 4.07. The van der Waals surface area contributed by atoms with Crippen molar-refractivity contribution >= 4 is 33.7 Å². The topological polar surface area (TPSA) is 26.3 Å². The van der Waals surface area contributed by atoms with Gasteiger partial charge in [-0.15, -0.1) is 11.8 Å². The second-order valence-electron chi connectivity index (χ2n) is 6.60. The summed E-state index contributed by atoms with van der Waals surface area (Å²) in [5.74, 6) is 2.05. The van der Waals surface area contributed by atoms with Gasteiger partial charge < -0.3 is 4.74 Å². The number of rotatable bonds is 5. The van der Waals surface area contributed by atoms with E-state index in [9.17, 15) is 4.79 Å². The number of carbonyl (C=O) groups excluding carboxylic acids is 1. The Bertz CT molecular complexity index is 486. The third-order valence-corrected chi connectivity index (χ3v) is 5.93. The van der Waals surface area contributed by atoms with E-state index in [0.29, 0.717) is 23.5 Å². The summed E-state index contributed by atoms with van der Waals surface area (Å²) in [4.78, 5) is 13.3. The smallest absolute Gasteiger partial charge is 0.316 e. The number of hydrogen-bond donors (Lipinski definition) is 0. The van der Waals surface area contributed by atoms with Crippen LogP contribution in [-0.4, -0.2) is 17.8 Å². The predicted octanol–water partition coefficient (Wildman–Crippen LogP) is 5.55. The van der Waals surface area contributed by atoms with Gasteiger partial charge in [-0.05, 0) is 54.9 Å². The Balaban J connectivity index is 1.85. The summed E-state index contributed by atoms with van der Waals surface area (Å²) in [5, 5.41) is 0. The molecule has 1 aliphatic carbocycles. The van der Waals surface area contributed by atoms with Crippen molar-refractivity contribution in [2.45, 2.75) is 51.0 Å². The lowest BCUT2D eigenvalue weighted by Crippen LogP contribution is -2.36. The van der Waals surface area contributed by atoms with Gasteiger partial charge in [-0.2, -0.15) is 0 Å². The molecule has 22 heavy (non-hydrogen) atoms. The van der Waals surface area contributed by atoms with E-state index >= 15 is 0 Å². The van der Waals surface area contributed by atoms with Gasteiger partial charge in [-0.1, -0.05) is 43.1 Å². The third kappa shape index (κ3) is 5.31. The van der Waals surface area contributed by atoms with Gasteiger partial charge in [0.05, 0.1) is 5.75 Å². The number of benzene rings is 1. The Morgan fingerprint density at radius 1 is 1.32 bits per heavy atom. The largest absolute Gasteiger partial charge is 0.461 e. The van der Waals surface area contributed by atoms with Crippen molar-refractivity contribution in [2.24, 2.45) is 17.8 Å². The third-order valence-electron chi connectivity index (χ3n) is 4.41. The molecule has 0 saturated heterocycles. The second-order valence-corrected chi connectivity index (χ2v) is 8.56.